The van der Waals surface area contributed by atoms with Gasteiger partial charge in [-0.2, -0.15) is 0 Å². The minimum atomic E-state index is -0.255. The van der Waals surface area contributed by atoms with Crippen LogP contribution in [-0.4, -0.2) is 41.4 Å². The zero-order valence-electron chi connectivity index (χ0n) is 17.2. The minimum absolute atomic E-state index is 0.0449. The number of hydrogen-bond donors (Lipinski definition) is 2. The molecule has 7 nitrogen and oxygen atoms in total. The monoisotopic (exact) mass is 428 g/mol. The van der Waals surface area contributed by atoms with Crippen LogP contribution in [0.5, 0.6) is 5.75 Å². The lowest BCUT2D eigenvalue weighted by Gasteiger charge is -2.30. The molecule has 2 heterocycles. The molecule has 0 radical (unpaired) electrons. The Morgan fingerprint density at radius 1 is 1.27 bits per heavy atom. The number of thiazole rings is 1. The Balaban J connectivity index is 1.23. The number of carbonyl (C=O) groups is 2. The lowest BCUT2D eigenvalue weighted by atomic mass is 10.0. The van der Waals surface area contributed by atoms with Crippen molar-refractivity contribution in [1.82, 2.24) is 9.88 Å². The zero-order chi connectivity index (χ0) is 20.9. The molecule has 160 valence electrons. The first-order valence-electron chi connectivity index (χ1n) is 10.6. The van der Waals surface area contributed by atoms with Crippen LogP contribution in [0.25, 0.3) is 0 Å². The number of nitrogens with one attached hydrogen (secondary N) is 2. The summed E-state index contributed by atoms with van der Waals surface area (Å²) in [5.41, 5.74) is 1.67. The average Bonchev–Trinajstić information content (AvgIpc) is 3.49. The van der Waals surface area contributed by atoms with Crippen molar-refractivity contribution in [3.05, 3.63) is 35.3 Å². The standard InChI is InChI=1S/C22H28N4O3S/c1-15-4-3-9-26(11-15)12-18-14-30-22(24-18)25-20(27)13-29-19-6-2-5-17(10-19)23-21(28)16-7-8-16/h2,5-6,10,14-16H,3-4,7-9,11-13H2,1H3,(H,23,28)(H,24,25,27). The molecule has 1 saturated carbocycles. The van der Waals surface area contributed by atoms with Gasteiger partial charge in [0.1, 0.15) is 5.75 Å². The molecule has 2 aromatic rings. The van der Waals surface area contributed by atoms with E-state index in [0.29, 0.717) is 16.6 Å². The minimum Gasteiger partial charge on any atom is -0.484 e. The Bertz CT molecular complexity index is 896. The predicted molar refractivity (Wildman–Crippen MR) is 118 cm³/mol. The summed E-state index contributed by atoms with van der Waals surface area (Å²) >= 11 is 1.43. The van der Waals surface area contributed by atoms with Crippen molar-refractivity contribution in [2.45, 2.75) is 39.2 Å². The number of hydrogen-bond acceptors (Lipinski definition) is 6. The molecule has 2 amide bonds. The van der Waals surface area contributed by atoms with Gasteiger partial charge in [0.25, 0.3) is 5.91 Å². The first kappa shape index (κ1) is 20.8. The molecule has 1 atom stereocenters. The van der Waals surface area contributed by atoms with Crippen LogP contribution in [0.2, 0.25) is 0 Å². The highest BCUT2D eigenvalue weighted by atomic mass is 32.1. The van der Waals surface area contributed by atoms with Gasteiger partial charge in [0.05, 0.1) is 5.69 Å². The van der Waals surface area contributed by atoms with Crippen LogP contribution in [0.4, 0.5) is 10.8 Å². The first-order chi connectivity index (χ1) is 14.5. The zero-order valence-corrected chi connectivity index (χ0v) is 18.0. The van der Waals surface area contributed by atoms with E-state index in [2.05, 4.69) is 27.4 Å². The molecule has 1 aromatic carbocycles. The van der Waals surface area contributed by atoms with Gasteiger partial charge in [-0.15, -0.1) is 11.3 Å². The predicted octanol–water partition coefficient (Wildman–Crippen LogP) is 3.74. The van der Waals surface area contributed by atoms with E-state index in [4.69, 9.17) is 4.74 Å². The Labute approximate surface area is 180 Å². The molecule has 30 heavy (non-hydrogen) atoms. The van der Waals surface area contributed by atoms with E-state index in [1.54, 1.807) is 18.2 Å². The molecule has 1 aromatic heterocycles. The Morgan fingerprint density at radius 3 is 2.93 bits per heavy atom. The van der Waals surface area contributed by atoms with Gasteiger partial charge in [-0.25, -0.2) is 4.98 Å². The molecule has 8 heteroatoms. The van der Waals surface area contributed by atoms with Crippen molar-refractivity contribution in [2.75, 3.05) is 30.3 Å². The van der Waals surface area contributed by atoms with Crippen LogP contribution in [-0.2, 0) is 16.1 Å². The number of benzene rings is 1. The lowest BCUT2D eigenvalue weighted by molar-refractivity contribution is -0.118. The van der Waals surface area contributed by atoms with Crippen molar-refractivity contribution >= 4 is 34.0 Å². The van der Waals surface area contributed by atoms with Gasteiger partial charge in [-0.1, -0.05) is 13.0 Å². The van der Waals surface area contributed by atoms with Gasteiger partial charge in [0, 0.05) is 36.1 Å². The summed E-state index contributed by atoms with van der Waals surface area (Å²) in [6, 6.07) is 7.10. The average molecular weight is 429 g/mol. The largest absolute Gasteiger partial charge is 0.484 e. The van der Waals surface area contributed by atoms with Crippen molar-refractivity contribution in [3.63, 3.8) is 0 Å². The number of nitrogens with zero attached hydrogens (tertiary/aromatic N) is 2. The number of likely N-dealkylation sites (tertiary alicyclic amines) is 1. The van der Waals surface area contributed by atoms with Crippen molar-refractivity contribution < 1.29 is 14.3 Å². The van der Waals surface area contributed by atoms with E-state index in [1.807, 2.05) is 11.4 Å². The van der Waals surface area contributed by atoms with Gasteiger partial charge in [-0.05, 0) is 50.3 Å². The van der Waals surface area contributed by atoms with Crippen molar-refractivity contribution in [2.24, 2.45) is 11.8 Å². The van der Waals surface area contributed by atoms with Crippen LogP contribution in [0, 0.1) is 11.8 Å². The number of anilines is 2. The number of aromatic nitrogens is 1. The van der Waals surface area contributed by atoms with Crippen molar-refractivity contribution in [3.8, 4) is 5.75 Å². The van der Waals surface area contributed by atoms with E-state index >= 15 is 0 Å². The number of ether oxygens (including phenoxy) is 1. The molecule has 0 spiro atoms. The molecule has 1 saturated heterocycles. The molecule has 0 bridgehead atoms. The molecule has 2 aliphatic rings. The highest BCUT2D eigenvalue weighted by Crippen LogP contribution is 2.30. The van der Waals surface area contributed by atoms with E-state index in [1.165, 1.54) is 24.2 Å². The molecule has 4 rings (SSSR count). The highest BCUT2D eigenvalue weighted by molar-refractivity contribution is 7.13. The molecule has 1 unspecified atom stereocenters. The summed E-state index contributed by atoms with van der Waals surface area (Å²) in [7, 11) is 0. The fraction of sp³-hybridized carbons (Fsp3) is 0.500. The molecule has 2 fully saturated rings. The molecule has 1 aliphatic heterocycles. The summed E-state index contributed by atoms with van der Waals surface area (Å²) in [4.78, 5) is 31.1. The Hall–Kier alpha value is -2.45. The van der Waals surface area contributed by atoms with Gasteiger partial charge in [0.15, 0.2) is 11.7 Å². The molecule has 2 N–H and O–H groups in total. The Morgan fingerprint density at radius 2 is 2.13 bits per heavy atom. The third-order valence-corrected chi connectivity index (χ3v) is 6.15. The second-order valence-electron chi connectivity index (χ2n) is 8.25. The van der Waals surface area contributed by atoms with E-state index in [9.17, 15) is 9.59 Å². The maximum Gasteiger partial charge on any atom is 0.264 e. The van der Waals surface area contributed by atoms with Crippen LogP contribution in [0.15, 0.2) is 29.6 Å². The number of piperidine rings is 1. The summed E-state index contributed by atoms with van der Waals surface area (Å²) in [5, 5.41) is 8.28. The van der Waals surface area contributed by atoms with E-state index in [-0.39, 0.29) is 24.3 Å². The first-order valence-corrected chi connectivity index (χ1v) is 11.4. The molecular weight excluding hydrogens is 400 g/mol. The number of rotatable bonds is 8. The molecular formula is C22H28N4O3S. The van der Waals surface area contributed by atoms with Gasteiger partial charge in [0.2, 0.25) is 5.91 Å². The third kappa shape index (κ3) is 6.03. The number of carbonyl (C=O) groups excluding carboxylic acids is 2. The van der Waals surface area contributed by atoms with Crippen LogP contribution >= 0.6 is 11.3 Å². The quantitative estimate of drug-likeness (QED) is 0.669. The summed E-state index contributed by atoms with van der Waals surface area (Å²) in [5.74, 6) is 1.20. The highest BCUT2D eigenvalue weighted by Gasteiger charge is 2.29. The summed E-state index contributed by atoms with van der Waals surface area (Å²) < 4.78 is 5.58. The fourth-order valence-corrected chi connectivity index (χ4v) is 4.37. The summed E-state index contributed by atoms with van der Waals surface area (Å²) in [6.45, 7) is 5.21. The maximum absolute atomic E-state index is 12.2. The smallest absolute Gasteiger partial charge is 0.264 e. The lowest BCUT2D eigenvalue weighted by Crippen LogP contribution is -2.33. The third-order valence-electron chi connectivity index (χ3n) is 5.34. The fourth-order valence-electron chi connectivity index (χ4n) is 3.65. The SMILES string of the molecule is CC1CCCN(Cc2csc(NC(=O)COc3cccc(NC(=O)C4CC4)c3)n2)C1. The number of amides is 2. The van der Waals surface area contributed by atoms with Crippen LogP contribution in [0.1, 0.15) is 38.3 Å². The maximum atomic E-state index is 12.2. The second kappa shape index (κ2) is 9.57. The van der Waals surface area contributed by atoms with Crippen molar-refractivity contribution in [1.29, 1.82) is 0 Å². The van der Waals surface area contributed by atoms with Gasteiger partial charge >= 0.3 is 0 Å². The normalized spacial score (nSPS) is 19.3. The van der Waals surface area contributed by atoms with Crippen LogP contribution in [0.3, 0.4) is 0 Å². The van der Waals surface area contributed by atoms with Gasteiger partial charge in [-0.3, -0.25) is 19.8 Å². The van der Waals surface area contributed by atoms with E-state index in [0.717, 1.165) is 44.1 Å². The van der Waals surface area contributed by atoms with E-state index < -0.39 is 0 Å². The second-order valence-corrected chi connectivity index (χ2v) is 9.11. The van der Waals surface area contributed by atoms with Crippen LogP contribution < -0.4 is 15.4 Å². The Kier molecular flexibility index (Phi) is 6.64. The topological polar surface area (TPSA) is 83.6 Å². The summed E-state index contributed by atoms with van der Waals surface area (Å²) in [6.07, 6.45) is 4.44. The molecule has 1 aliphatic carbocycles. The van der Waals surface area contributed by atoms with Gasteiger partial charge < -0.3 is 10.1 Å².